The summed E-state index contributed by atoms with van der Waals surface area (Å²) < 4.78 is 7.45. The highest BCUT2D eigenvalue weighted by atomic mass is 32.2. The topological polar surface area (TPSA) is 47.4 Å². The zero-order valence-corrected chi connectivity index (χ0v) is 16.6. The number of aryl methyl sites for hydroxylation is 1. The lowest BCUT2D eigenvalue weighted by molar-refractivity contribution is -0.134. The van der Waals surface area contributed by atoms with E-state index in [4.69, 9.17) is 4.74 Å². The second-order valence-electron chi connectivity index (χ2n) is 6.77. The van der Waals surface area contributed by atoms with Crippen molar-refractivity contribution in [3.05, 3.63) is 78.1 Å². The third-order valence-corrected chi connectivity index (χ3v) is 5.98. The number of amides is 1. The predicted molar refractivity (Wildman–Crippen MR) is 111 cm³/mol. The second-order valence-corrected chi connectivity index (χ2v) is 7.84. The Morgan fingerprint density at radius 3 is 2.64 bits per heavy atom. The van der Waals surface area contributed by atoms with Gasteiger partial charge in [-0.2, -0.15) is 0 Å². The summed E-state index contributed by atoms with van der Waals surface area (Å²) in [7, 11) is 0. The van der Waals surface area contributed by atoms with Crippen LogP contribution in [0.1, 0.15) is 16.4 Å². The van der Waals surface area contributed by atoms with E-state index in [1.54, 1.807) is 6.20 Å². The molecule has 144 valence electrons. The van der Waals surface area contributed by atoms with Gasteiger partial charge in [-0.05, 0) is 30.2 Å². The molecule has 1 amide bonds. The minimum atomic E-state index is -0.342. The summed E-state index contributed by atoms with van der Waals surface area (Å²) in [6.07, 6.45) is 3.73. The molecule has 2 aromatic carbocycles. The Hall–Kier alpha value is -2.57. The molecule has 6 heteroatoms. The maximum atomic E-state index is 13.3. The zero-order valence-electron chi connectivity index (χ0n) is 15.8. The zero-order chi connectivity index (χ0) is 19.3. The van der Waals surface area contributed by atoms with Gasteiger partial charge >= 0.3 is 0 Å². The van der Waals surface area contributed by atoms with Crippen molar-refractivity contribution in [1.82, 2.24) is 14.5 Å². The highest BCUT2D eigenvalue weighted by Gasteiger charge is 2.29. The van der Waals surface area contributed by atoms with E-state index in [1.807, 2.05) is 52.1 Å². The van der Waals surface area contributed by atoms with Gasteiger partial charge in [-0.15, -0.1) is 0 Å². The molecule has 5 nitrogen and oxygen atoms in total. The van der Waals surface area contributed by atoms with Crippen molar-refractivity contribution in [2.24, 2.45) is 0 Å². The van der Waals surface area contributed by atoms with Gasteiger partial charge in [0, 0.05) is 31.2 Å². The van der Waals surface area contributed by atoms with Gasteiger partial charge in [-0.3, -0.25) is 9.36 Å². The molecule has 0 radical (unpaired) electrons. The van der Waals surface area contributed by atoms with Gasteiger partial charge in [-0.1, -0.05) is 54.2 Å². The van der Waals surface area contributed by atoms with Crippen LogP contribution in [0.4, 0.5) is 0 Å². The lowest BCUT2D eigenvalue weighted by Gasteiger charge is -2.30. The van der Waals surface area contributed by atoms with E-state index in [-0.39, 0.29) is 11.2 Å². The van der Waals surface area contributed by atoms with Gasteiger partial charge in [-0.25, -0.2) is 4.98 Å². The minimum absolute atomic E-state index is 0.110. The molecule has 1 aromatic heterocycles. The van der Waals surface area contributed by atoms with Crippen LogP contribution in [-0.4, -0.2) is 46.7 Å². The molecule has 1 aliphatic rings. The lowest BCUT2D eigenvalue weighted by Crippen LogP contribution is -2.42. The number of nitrogens with zero attached hydrogens (tertiary/aromatic N) is 3. The third-order valence-electron chi connectivity index (χ3n) is 4.76. The molecule has 4 rings (SSSR count). The van der Waals surface area contributed by atoms with Crippen LogP contribution in [0, 0.1) is 6.92 Å². The maximum absolute atomic E-state index is 13.3. The monoisotopic (exact) mass is 393 g/mol. The van der Waals surface area contributed by atoms with Crippen molar-refractivity contribution in [2.45, 2.75) is 17.3 Å². The maximum Gasteiger partial charge on any atom is 0.240 e. The van der Waals surface area contributed by atoms with Crippen LogP contribution in [-0.2, 0) is 9.53 Å². The van der Waals surface area contributed by atoms with Gasteiger partial charge < -0.3 is 9.64 Å². The van der Waals surface area contributed by atoms with E-state index in [0.717, 1.165) is 16.4 Å². The Balaban J connectivity index is 1.65. The molecule has 1 fully saturated rings. The van der Waals surface area contributed by atoms with Crippen LogP contribution in [0.3, 0.4) is 0 Å². The molecule has 0 bridgehead atoms. The van der Waals surface area contributed by atoms with Gasteiger partial charge in [0.1, 0.15) is 5.25 Å². The van der Waals surface area contributed by atoms with Gasteiger partial charge in [0.25, 0.3) is 0 Å². The molecule has 0 unspecified atom stereocenters. The van der Waals surface area contributed by atoms with E-state index in [9.17, 15) is 4.79 Å². The average molecular weight is 394 g/mol. The Bertz CT molecular complexity index is 936. The Kier molecular flexibility index (Phi) is 5.78. The molecule has 3 aromatic rings. The molecule has 1 atom stereocenters. The molecule has 2 heterocycles. The first kappa shape index (κ1) is 18.8. The fourth-order valence-corrected chi connectivity index (χ4v) is 4.45. The average Bonchev–Trinajstić information content (AvgIpc) is 3.21. The first-order valence-corrected chi connectivity index (χ1v) is 10.3. The summed E-state index contributed by atoms with van der Waals surface area (Å²) in [5.74, 6) is 0.110. The Morgan fingerprint density at radius 2 is 1.89 bits per heavy atom. The van der Waals surface area contributed by atoms with Gasteiger partial charge in [0.05, 0.1) is 13.2 Å². The van der Waals surface area contributed by atoms with E-state index >= 15 is 0 Å². The Labute approximate surface area is 169 Å². The van der Waals surface area contributed by atoms with E-state index in [1.165, 1.54) is 17.3 Å². The second kappa shape index (κ2) is 8.63. The molecule has 1 aliphatic heterocycles. The largest absolute Gasteiger partial charge is 0.378 e. The van der Waals surface area contributed by atoms with Crippen molar-refractivity contribution < 1.29 is 9.53 Å². The van der Waals surface area contributed by atoms with Crippen molar-refractivity contribution in [1.29, 1.82) is 0 Å². The summed E-state index contributed by atoms with van der Waals surface area (Å²) in [5, 5.41) is 0.464. The molecule has 0 saturated carbocycles. The molecular weight excluding hydrogens is 370 g/mol. The normalized spacial score (nSPS) is 15.4. The highest BCUT2D eigenvalue weighted by Crippen LogP contribution is 2.37. The van der Waals surface area contributed by atoms with Crippen LogP contribution in [0.2, 0.25) is 0 Å². The number of thioether (sulfide) groups is 1. The number of carbonyl (C=O) groups is 1. The highest BCUT2D eigenvalue weighted by molar-refractivity contribution is 8.00. The number of hydrogen-bond acceptors (Lipinski definition) is 4. The first-order valence-electron chi connectivity index (χ1n) is 9.41. The quantitative estimate of drug-likeness (QED) is 0.618. The smallest absolute Gasteiger partial charge is 0.240 e. The number of ether oxygens (including phenoxy) is 1. The van der Waals surface area contributed by atoms with E-state index in [0.29, 0.717) is 26.3 Å². The number of carbonyl (C=O) groups excluding carboxylic acids is 1. The van der Waals surface area contributed by atoms with Gasteiger partial charge in [0.15, 0.2) is 5.16 Å². The predicted octanol–water partition coefficient (Wildman–Crippen LogP) is 3.87. The SMILES string of the molecule is Cc1cccc(-n2ccnc2S[C@H](C(=O)N2CCOCC2)c2ccccc2)c1. The molecular formula is C22H23N3O2S. The number of morpholine rings is 1. The molecule has 28 heavy (non-hydrogen) atoms. The number of hydrogen-bond donors (Lipinski definition) is 0. The van der Waals surface area contributed by atoms with Crippen LogP contribution in [0.15, 0.2) is 72.1 Å². The molecule has 0 aliphatic carbocycles. The van der Waals surface area contributed by atoms with E-state index < -0.39 is 0 Å². The van der Waals surface area contributed by atoms with E-state index in [2.05, 4.69) is 30.1 Å². The summed E-state index contributed by atoms with van der Waals surface area (Å²) in [6, 6.07) is 18.2. The number of rotatable bonds is 5. The number of aromatic nitrogens is 2. The first-order chi connectivity index (χ1) is 13.7. The van der Waals surface area contributed by atoms with Crippen molar-refractivity contribution in [3.63, 3.8) is 0 Å². The van der Waals surface area contributed by atoms with Gasteiger partial charge in [0.2, 0.25) is 5.91 Å². The lowest BCUT2D eigenvalue weighted by atomic mass is 10.1. The number of imidazole rings is 1. The van der Waals surface area contributed by atoms with Crippen LogP contribution in [0.25, 0.3) is 5.69 Å². The fraction of sp³-hybridized carbons (Fsp3) is 0.273. The summed E-state index contributed by atoms with van der Waals surface area (Å²) in [6.45, 7) is 4.53. The Morgan fingerprint density at radius 1 is 1.11 bits per heavy atom. The van der Waals surface area contributed by atoms with Crippen molar-refractivity contribution in [3.8, 4) is 5.69 Å². The summed E-state index contributed by atoms with van der Waals surface area (Å²) in [5.41, 5.74) is 3.22. The van der Waals surface area contributed by atoms with Crippen LogP contribution >= 0.6 is 11.8 Å². The number of benzene rings is 2. The summed E-state index contributed by atoms with van der Waals surface area (Å²) >= 11 is 1.50. The van der Waals surface area contributed by atoms with Crippen molar-refractivity contribution in [2.75, 3.05) is 26.3 Å². The standard InChI is InChI=1S/C22H23N3O2S/c1-17-6-5-9-19(16-17)25-11-10-23-22(25)28-20(18-7-3-2-4-8-18)21(26)24-12-14-27-15-13-24/h2-11,16,20H,12-15H2,1H3/t20-/m0/s1. The summed E-state index contributed by atoms with van der Waals surface area (Å²) in [4.78, 5) is 19.8. The fourth-order valence-electron chi connectivity index (χ4n) is 3.30. The molecule has 0 N–H and O–H groups in total. The molecule has 0 spiro atoms. The van der Waals surface area contributed by atoms with Crippen LogP contribution in [0.5, 0.6) is 0 Å². The van der Waals surface area contributed by atoms with Crippen LogP contribution < -0.4 is 0 Å². The van der Waals surface area contributed by atoms with Crippen molar-refractivity contribution >= 4 is 17.7 Å². The minimum Gasteiger partial charge on any atom is -0.378 e. The third kappa shape index (κ3) is 4.13. The molecule has 1 saturated heterocycles.